The van der Waals surface area contributed by atoms with Crippen LogP contribution < -0.4 is 0 Å². The SMILES string of the molecule is C[C@@H](O)C(O)[C@@H](O)[C@H](O)[C@@H](O)C(=O)N1CCN(C(c2ccccc2)(c2ccccc2)c2ccccc2)CC1. The third kappa shape index (κ3) is 5.37. The Balaban J connectivity index is 1.63. The van der Waals surface area contributed by atoms with Crippen LogP contribution in [0.25, 0.3) is 0 Å². The van der Waals surface area contributed by atoms with E-state index in [4.69, 9.17) is 0 Å². The summed E-state index contributed by atoms with van der Waals surface area (Å²) in [7, 11) is 0. The topological polar surface area (TPSA) is 125 Å². The lowest BCUT2D eigenvalue weighted by atomic mass is 9.75. The van der Waals surface area contributed by atoms with E-state index in [1.165, 1.54) is 11.8 Å². The largest absolute Gasteiger partial charge is 0.391 e. The van der Waals surface area contributed by atoms with Gasteiger partial charge in [0.2, 0.25) is 0 Å². The summed E-state index contributed by atoms with van der Waals surface area (Å²) in [6, 6.07) is 30.7. The molecule has 202 valence electrons. The van der Waals surface area contributed by atoms with E-state index in [9.17, 15) is 30.3 Å². The second-order valence-corrected chi connectivity index (χ2v) is 9.78. The molecule has 8 heteroatoms. The van der Waals surface area contributed by atoms with E-state index in [0.29, 0.717) is 13.1 Å². The third-order valence-electron chi connectivity index (χ3n) is 7.41. The summed E-state index contributed by atoms with van der Waals surface area (Å²) in [6.07, 6.45) is -8.80. The molecule has 0 radical (unpaired) electrons. The number of nitrogens with zero attached hydrogens (tertiary/aromatic N) is 2. The number of aliphatic hydroxyl groups is 5. The van der Waals surface area contributed by atoms with E-state index >= 15 is 0 Å². The van der Waals surface area contributed by atoms with E-state index in [0.717, 1.165) is 16.7 Å². The Hall–Kier alpha value is -3.11. The van der Waals surface area contributed by atoms with Gasteiger partial charge in [-0.15, -0.1) is 0 Å². The average molecular weight is 521 g/mol. The van der Waals surface area contributed by atoms with Crippen molar-refractivity contribution in [3.8, 4) is 0 Å². The lowest BCUT2D eigenvalue weighted by Crippen LogP contribution is -2.60. The van der Waals surface area contributed by atoms with Gasteiger partial charge in [-0.2, -0.15) is 0 Å². The summed E-state index contributed by atoms with van der Waals surface area (Å²) in [4.78, 5) is 16.8. The first-order valence-electron chi connectivity index (χ1n) is 12.9. The number of carbonyl (C=O) groups is 1. The predicted molar refractivity (Wildman–Crippen MR) is 143 cm³/mol. The Bertz CT molecular complexity index is 1060. The molecule has 4 rings (SSSR count). The van der Waals surface area contributed by atoms with E-state index in [1.54, 1.807) is 0 Å². The molecule has 1 unspecified atom stereocenters. The van der Waals surface area contributed by atoms with Gasteiger partial charge in [-0.05, 0) is 23.6 Å². The molecule has 1 saturated heterocycles. The zero-order chi connectivity index (χ0) is 27.3. The standard InChI is InChI=1S/C30H36N2O6/c1-21(33)25(34)26(35)27(36)28(37)29(38)31-17-19-32(20-18-31)30(22-11-5-2-6-12-22,23-13-7-3-8-14-23)24-15-9-4-10-16-24/h2-16,21,25-28,33-37H,17-20H2,1H3/t21-,25?,26-,27+,28-/m1/s1. The molecule has 0 spiro atoms. The predicted octanol–water partition coefficient (Wildman–Crippen LogP) is 0.947. The number of benzene rings is 3. The number of hydrogen-bond donors (Lipinski definition) is 5. The minimum atomic E-state index is -1.94. The Morgan fingerprint density at radius 2 is 1.03 bits per heavy atom. The molecule has 1 fully saturated rings. The first kappa shape index (κ1) is 27.9. The van der Waals surface area contributed by atoms with E-state index < -0.39 is 42.0 Å². The zero-order valence-electron chi connectivity index (χ0n) is 21.4. The van der Waals surface area contributed by atoms with Crippen LogP contribution in [0, 0.1) is 0 Å². The van der Waals surface area contributed by atoms with Crippen molar-refractivity contribution in [2.24, 2.45) is 0 Å². The Morgan fingerprint density at radius 3 is 1.39 bits per heavy atom. The van der Waals surface area contributed by atoms with Crippen molar-refractivity contribution in [3.63, 3.8) is 0 Å². The lowest BCUT2D eigenvalue weighted by molar-refractivity contribution is -0.163. The highest BCUT2D eigenvalue weighted by molar-refractivity contribution is 5.81. The molecule has 0 aliphatic carbocycles. The van der Waals surface area contributed by atoms with Crippen LogP contribution in [-0.2, 0) is 10.3 Å². The van der Waals surface area contributed by atoms with Gasteiger partial charge in [-0.25, -0.2) is 0 Å². The Morgan fingerprint density at radius 1 is 0.632 bits per heavy atom. The van der Waals surface area contributed by atoms with Gasteiger partial charge in [-0.3, -0.25) is 9.69 Å². The van der Waals surface area contributed by atoms with Crippen molar-refractivity contribution in [2.45, 2.75) is 43.0 Å². The van der Waals surface area contributed by atoms with Gasteiger partial charge < -0.3 is 30.4 Å². The molecule has 5 N–H and O–H groups in total. The smallest absolute Gasteiger partial charge is 0.254 e. The summed E-state index contributed by atoms with van der Waals surface area (Å²) in [5.41, 5.74) is 2.63. The molecular formula is C30H36N2O6. The molecule has 0 saturated carbocycles. The van der Waals surface area contributed by atoms with Crippen LogP contribution in [-0.4, -0.2) is 97.9 Å². The fourth-order valence-corrected chi connectivity index (χ4v) is 5.36. The second kappa shape index (κ2) is 12.2. The molecule has 1 aliphatic rings. The van der Waals surface area contributed by atoms with Crippen molar-refractivity contribution in [1.82, 2.24) is 9.80 Å². The molecule has 3 aromatic carbocycles. The van der Waals surface area contributed by atoms with Crippen LogP contribution in [0.1, 0.15) is 23.6 Å². The van der Waals surface area contributed by atoms with Gasteiger partial charge in [0.15, 0.2) is 6.10 Å². The number of piperazine rings is 1. The highest BCUT2D eigenvalue weighted by atomic mass is 16.4. The lowest BCUT2D eigenvalue weighted by Gasteiger charge is -2.49. The summed E-state index contributed by atoms with van der Waals surface area (Å²) >= 11 is 0. The molecule has 3 aromatic rings. The fourth-order valence-electron chi connectivity index (χ4n) is 5.36. The first-order valence-corrected chi connectivity index (χ1v) is 12.9. The van der Waals surface area contributed by atoms with Crippen molar-refractivity contribution in [3.05, 3.63) is 108 Å². The monoisotopic (exact) mass is 520 g/mol. The highest BCUT2D eigenvalue weighted by Crippen LogP contribution is 2.42. The average Bonchev–Trinajstić information content (AvgIpc) is 2.97. The maximum atomic E-state index is 13.0. The molecule has 1 aliphatic heterocycles. The zero-order valence-corrected chi connectivity index (χ0v) is 21.4. The second-order valence-electron chi connectivity index (χ2n) is 9.78. The number of amides is 1. The van der Waals surface area contributed by atoms with Crippen molar-refractivity contribution < 1.29 is 30.3 Å². The van der Waals surface area contributed by atoms with Crippen LogP contribution in [0.5, 0.6) is 0 Å². The van der Waals surface area contributed by atoms with Gasteiger partial charge in [-0.1, -0.05) is 91.0 Å². The minimum Gasteiger partial charge on any atom is -0.391 e. The third-order valence-corrected chi connectivity index (χ3v) is 7.41. The first-order chi connectivity index (χ1) is 18.3. The van der Waals surface area contributed by atoms with Crippen LogP contribution in [0.3, 0.4) is 0 Å². The maximum absolute atomic E-state index is 13.0. The Kier molecular flexibility index (Phi) is 8.94. The van der Waals surface area contributed by atoms with Crippen LogP contribution in [0.15, 0.2) is 91.0 Å². The van der Waals surface area contributed by atoms with Crippen molar-refractivity contribution in [1.29, 1.82) is 0 Å². The van der Waals surface area contributed by atoms with Crippen LogP contribution in [0.2, 0.25) is 0 Å². The molecular weight excluding hydrogens is 484 g/mol. The maximum Gasteiger partial charge on any atom is 0.254 e. The highest BCUT2D eigenvalue weighted by Gasteiger charge is 2.45. The number of aliphatic hydroxyl groups excluding tert-OH is 5. The molecule has 1 amide bonds. The van der Waals surface area contributed by atoms with E-state index in [2.05, 4.69) is 41.3 Å². The molecule has 1 heterocycles. The fraction of sp³-hybridized carbons (Fsp3) is 0.367. The number of hydrogen-bond acceptors (Lipinski definition) is 7. The van der Waals surface area contributed by atoms with Gasteiger partial charge in [0.1, 0.15) is 18.3 Å². The molecule has 5 atom stereocenters. The number of carbonyl (C=O) groups excluding carboxylic acids is 1. The quantitative estimate of drug-likeness (QED) is 0.266. The van der Waals surface area contributed by atoms with E-state index in [-0.39, 0.29) is 13.1 Å². The minimum absolute atomic E-state index is 0.284. The van der Waals surface area contributed by atoms with Gasteiger partial charge >= 0.3 is 0 Å². The van der Waals surface area contributed by atoms with Crippen molar-refractivity contribution in [2.75, 3.05) is 26.2 Å². The molecule has 8 nitrogen and oxygen atoms in total. The van der Waals surface area contributed by atoms with Gasteiger partial charge in [0.05, 0.1) is 11.6 Å². The van der Waals surface area contributed by atoms with E-state index in [1.807, 2.05) is 54.6 Å². The normalized spacial score (nSPS) is 18.8. The summed E-state index contributed by atoms with van der Waals surface area (Å²) in [5, 5.41) is 50.2. The summed E-state index contributed by atoms with van der Waals surface area (Å²) < 4.78 is 0. The molecule has 38 heavy (non-hydrogen) atoms. The summed E-state index contributed by atoms with van der Waals surface area (Å²) in [6.45, 7) is 2.77. The van der Waals surface area contributed by atoms with Crippen LogP contribution >= 0.6 is 0 Å². The summed E-state index contributed by atoms with van der Waals surface area (Å²) in [5.74, 6) is -0.737. The number of rotatable bonds is 9. The Labute approximate surface area is 223 Å². The van der Waals surface area contributed by atoms with Crippen LogP contribution in [0.4, 0.5) is 0 Å². The molecule has 0 bridgehead atoms. The van der Waals surface area contributed by atoms with Crippen molar-refractivity contribution >= 4 is 5.91 Å². The van der Waals surface area contributed by atoms with Gasteiger partial charge in [0.25, 0.3) is 5.91 Å². The van der Waals surface area contributed by atoms with Gasteiger partial charge in [0, 0.05) is 26.2 Å². The molecule has 0 aromatic heterocycles.